The lowest BCUT2D eigenvalue weighted by atomic mass is 9.77. The predicted molar refractivity (Wildman–Crippen MR) is 54.7 cm³/mol. The summed E-state index contributed by atoms with van der Waals surface area (Å²) in [5.41, 5.74) is 9.58. The van der Waals surface area contributed by atoms with E-state index in [9.17, 15) is 0 Å². The molecule has 1 aliphatic rings. The summed E-state index contributed by atoms with van der Waals surface area (Å²) >= 11 is 0. The second-order valence-corrected chi connectivity index (χ2v) is 3.97. The molecule has 0 aliphatic carbocycles. The Hall–Kier alpha value is -0.655. The Morgan fingerprint density at radius 2 is 1.75 bits per heavy atom. The lowest BCUT2D eigenvalue weighted by Crippen LogP contribution is -2.09. The minimum atomic E-state index is 0.539. The zero-order valence-corrected chi connectivity index (χ0v) is 8.39. The van der Waals surface area contributed by atoms with Gasteiger partial charge in [0.25, 0.3) is 0 Å². The van der Waals surface area contributed by atoms with E-state index >= 15 is 0 Å². The maximum Gasteiger partial charge on any atom is 0.203 e. The van der Waals surface area contributed by atoms with Crippen LogP contribution in [0.4, 0.5) is 0 Å². The summed E-state index contributed by atoms with van der Waals surface area (Å²) in [7, 11) is 2.02. The number of nitrogens with two attached hydrogens (primary N) is 1. The Bertz CT molecular complexity index is 236. The average molecular weight is 162 g/mol. The van der Waals surface area contributed by atoms with Crippen LogP contribution in [0.3, 0.4) is 0 Å². The highest BCUT2D eigenvalue weighted by Gasteiger charge is 2.20. The first-order valence-corrected chi connectivity index (χ1v) is 4.59. The van der Waals surface area contributed by atoms with Crippen molar-refractivity contribution in [2.24, 2.45) is 17.6 Å². The molecule has 65 valence electrons. The third-order valence-corrected chi connectivity index (χ3v) is 2.26. The molecular weight excluding hydrogens is 145 g/mol. The minimum Gasteiger partial charge on any atom is -0.409 e. The maximum absolute atomic E-state index is 5.88. The van der Waals surface area contributed by atoms with Gasteiger partial charge in [-0.15, -0.1) is 5.98 Å². The molecule has 0 saturated carbocycles. The Morgan fingerprint density at radius 1 is 1.17 bits per heavy atom. The molecular formula is C10H17BN. The first kappa shape index (κ1) is 9.43. The third-order valence-electron chi connectivity index (χ3n) is 2.26. The van der Waals surface area contributed by atoms with Gasteiger partial charge < -0.3 is 5.73 Å². The third kappa shape index (κ3) is 1.57. The molecule has 0 aromatic rings. The Kier molecular flexibility index (Phi) is 2.66. The van der Waals surface area contributed by atoms with Crippen LogP contribution in [-0.4, -0.2) is 7.28 Å². The van der Waals surface area contributed by atoms with E-state index in [-0.39, 0.29) is 0 Å². The highest BCUT2D eigenvalue weighted by molar-refractivity contribution is 6.52. The first-order chi connectivity index (χ1) is 5.54. The highest BCUT2D eigenvalue weighted by atomic mass is 14.6. The molecule has 12 heavy (non-hydrogen) atoms. The molecule has 1 rings (SSSR count). The van der Waals surface area contributed by atoms with Crippen LogP contribution < -0.4 is 5.73 Å². The summed E-state index contributed by atoms with van der Waals surface area (Å²) < 4.78 is 0. The molecule has 1 aliphatic heterocycles. The van der Waals surface area contributed by atoms with Crippen molar-refractivity contribution in [1.82, 2.24) is 0 Å². The summed E-state index contributed by atoms with van der Waals surface area (Å²) in [6.45, 7) is 8.80. The molecule has 2 heteroatoms. The normalized spacial score (nSPS) is 17.3. The van der Waals surface area contributed by atoms with E-state index < -0.39 is 0 Å². The zero-order valence-electron chi connectivity index (χ0n) is 8.39. The molecule has 1 nitrogen and oxygen atoms in total. The summed E-state index contributed by atoms with van der Waals surface area (Å²) in [6.07, 6.45) is 0. The molecule has 0 atom stereocenters. The predicted octanol–water partition coefficient (Wildman–Crippen LogP) is 2.07. The fourth-order valence-corrected chi connectivity index (χ4v) is 1.70. The van der Waals surface area contributed by atoms with Crippen LogP contribution in [0.5, 0.6) is 0 Å². The van der Waals surface area contributed by atoms with Gasteiger partial charge in [0.15, 0.2) is 0 Å². The SMILES string of the molecule is CC(C)C1=C[B]C(N)=C1C(C)C. The van der Waals surface area contributed by atoms with Gasteiger partial charge in [0.2, 0.25) is 7.28 Å². The monoisotopic (exact) mass is 162 g/mol. The molecule has 0 unspecified atom stereocenters. The smallest absolute Gasteiger partial charge is 0.203 e. The van der Waals surface area contributed by atoms with Crippen molar-refractivity contribution in [3.63, 3.8) is 0 Å². The number of hydrogen-bond acceptors (Lipinski definition) is 1. The standard InChI is InChI=1S/C10H17BN/c1-6(2)8-5-11-10(12)9(8)7(3)4/h5-7H,12H2,1-4H3. The van der Waals surface area contributed by atoms with Gasteiger partial charge in [-0.05, 0) is 23.0 Å². The van der Waals surface area contributed by atoms with Gasteiger partial charge in [0.1, 0.15) is 0 Å². The van der Waals surface area contributed by atoms with E-state index in [2.05, 4.69) is 33.7 Å². The van der Waals surface area contributed by atoms with Crippen LogP contribution in [0, 0.1) is 11.8 Å². The lowest BCUT2D eigenvalue weighted by molar-refractivity contribution is 0.702. The molecule has 0 amide bonds. The van der Waals surface area contributed by atoms with Gasteiger partial charge in [-0.25, -0.2) is 0 Å². The summed E-state index contributed by atoms with van der Waals surface area (Å²) in [4.78, 5) is 0. The van der Waals surface area contributed by atoms with E-state index in [0.717, 1.165) is 5.60 Å². The second kappa shape index (κ2) is 3.38. The molecule has 2 N–H and O–H groups in total. The number of rotatable bonds is 2. The Balaban J connectivity index is 2.93. The van der Waals surface area contributed by atoms with Gasteiger partial charge in [-0.3, -0.25) is 0 Å². The lowest BCUT2D eigenvalue weighted by Gasteiger charge is -2.17. The van der Waals surface area contributed by atoms with E-state index in [0.29, 0.717) is 11.8 Å². The minimum absolute atomic E-state index is 0.539. The topological polar surface area (TPSA) is 26.0 Å². The van der Waals surface area contributed by atoms with Crippen molar-refractivity contribution in [2.75, 3.05) is 0 Å². The Labute approximate surface area is 76.0 Å². The molecule has 0 saturated heterocycles. The molecule has 0 aromatic carbocycles. The molecule has 1 heterocycles. The fraction of sp³-hybridized carbons (Fsp3) is 0.600. The molecule has 1 radical (unpaired) electrons. The quantitative estimate of drug-likeness (QED) is 0.618. The zero-order chi connectivity index (χ0) is 9.30. The number of hydrogen-bond donors (Lipinski definition) is 1. The van der Waals surface area contributed by atoms with Crippen molar-refractivity contribution in [2.45, 2.75) is 27.7 Å². The van der Waals surface area contributed by atoms with Gasteiger partial charge in [0.05, 0.1) is 0 Å². The van der Waals surface area contributed by atoms with E-state index in [1.54, 1.807) is 0 Å². The van der Waals surface area contributed by atoms with Gasteiger partial charge in [0, 0.05) is 0 Å². The number of allylic oxidation sites excluding steroid dienone is 2. The largest absolute Gasteiger partial charge is 0.409 e. The van der Waals surface area contributed by atoms with E-state index in [1.165, 1.54) is 11.1 Å². The second-order valence-electron chi connectivity index (χ2n) is 3.97. The van der Waals surface area contributed by atoms with E-state index in [4.69, 9.17) is 5.73 Å². The Morgan fingerprint density at radius 3 is 2.08 bits per heavy atom. The van der Waals surface area contributed by atoms with Gasteiger partial charge in [-0.2, -0.15) is 0 Å². The molecule has 0 bridgehead atoms. The van der Waals surface area contributed by atoms with Crippen LogP contribution in [0.25, 0.3) is 0 Å². The summed E-state index contributed by atoms with van der Waals surface area (Å²) in [6, 6.07) is 0. The van der Waals surface area contributed by atoms with Crippen molar-refractivity contribution >= 4 is 7.28 Å². The van der Waals surface area contributed by atoms with Crippen molar-refractivity contribution < 1.29 is 0 Å². The van der Waals surface area contributed by atoms with Crippen LogP contribution in [0.1, 0.15) is 27.7 Å². The fourth-order valence-electron chi connectivity index (χ4n) is 1.70. The summed E-state index contributed by atoms with van der Waals surface area (Å²) in [5, 5.41) is 0. The molecule has 0 fully saturated rings. The van der Waals surface area contributed by atoms with Crippen LogP contribution in [0.15, 0.2) is 22.7 Å². The van der Waals surface area contributed by atoms with Crippen molar-refractivity contribution in [1.29, 1.82) is 0 Å². The van der Waals surface area contributed by atoms with Crippen LogP contribution in [-0.2, 0) is 0 Å². The maximum atomic E-state index is 5.88. The summed E-state index contributed by atoms with van der Waals surface area (Å²) in [5.74, 6) is 3.27. The van der Waals surface area contributed by atoms with Crippen LogP contribution in [0.2, 0.25) is 0 Å². The average Bonchev–Trinajstić information content (AvgIpc) is 2.30. The van der Waals surface area contributed by atoms with Crippen LogP contribution >= 0.6 is 0 Å². The molecule has 0 aromatic heterocycles. The first-order valence-electron chi connectivity index (χ1n) is 4.59. The van der Waals surface area contributed by atoms with Gasteiger partial charge >= 0.3 is 0 Å². The molecule has 0 spiro atoms. The van der Waals surface area contributed by atoms with Gasteiger partial charge in [-0.1, -0.05) is 33.3 Å². The van der Waals surface area contributed by atoms with Crippen molar-refractivity contribution in [3.8, 4) is 0 Å². The van der Waals surface area contributed by atoms with Crippen molar-refractivity contribution in [3.05, 3.63) is 22.7 Å². The van der Waals surface area contributed by atoms with E-state index in [1.807, 2.05) is 7.28 Å². The highest BCUT2D eigenvalue weighted by Crippen LogP contribution is 2.30.